The average Bonchev–Trinajstić information content (AvgIpc) is 3.60. The van der Waals surface area contributed by atoms with Crippen LogP contribution in [0.25, 0.3) is 22.2 Å². The van der Waals surface area contributed by atoms with Crippen molar-refractivity contribution in [2.24, 2.45) is 7.05 Å². The van der Waals surface area contributed by atoms with E-state index in [9.17, 15) is 9.59 Å². The molecule has 9 heteroatoms. The van der Waals surface area contributed by atoms with Gasteiger partial charge < -0.3 is 10.6 Å². The van der Waals surface area contributed by atoms with Crippen molar-refractivity contribution >= 4 is 34.1 Å². The summed E-state index contributed by atoms with van der Waals surface area (Å²) in [6.45, 7) is 7.75. The monoisotopic (exact) mass is 538 g/mol. The SMILES string of the molecule is Cc1cc(C(C)(C)NC(=O)c2cscn2)ccc1C(=O)NC(C)c1cc(-c2cnn(C)c2)nc2ccccc12. The first-order valence-electron chi connectivity index (χ1n) is 12.6. The van der Waals surface area contributed by atoms with E-state index in [4.69, 9.17) is 4.98 Å². The van der Waals surface area contributed by atoms with Crippen LogP contribution in [0.1, 0.15) is 64.3 Å². The Morgan fingerprint density at radius 2 is 1.87 bits per heavy atom. The second-order valence-electron chi connectivity index (χ2n) is 10.2. The summed E-state index contributed by atoms with van der Waals surface area (Å²) in [5.41, 5.74) is 7.24. The van der Waals surface area contributed by atoms with Crippen LogP contribution < -0.4 is 10.6 Å². The number of carbonyl (C=O) groups excluding carboxylic acids is 2. The summed E-state index contributed by atoms with van der Waals surface area (Å²) in [4.78, 5) is 34.9. The molecule has 0 saturated carbocycles. The summed E-state index contributed by atoms with van der Waals surface area (Å²) in [5, 5.41) is 13.2. The molecular formula is C30H30N6O2S. The first kappa shape index (κ1) is 26.2. The second-order valence-corrected chi connectivity index (χ2v) is 10.9. The van der Waals surface area contributed by atoms with Crippen LogP contribution in [0.15, 0.2) is 71.8 Å². The van der Waals surface area contributed by atoms with Crippen LogP contribution in [0.2, 0.25) is 0 Å². The minimum atomic E-state index is -0.646. The molecule has 0 saturated heterocycles. The van der Waals surface area contributed by atoms with Crippen LogP contribution in [0.4, 0.5) is 0 Å². The van der Waals surface area contributed by atoms with Crippen LogP contribution in [0.3, 0.4) is 0 Å². The Bertz CT molecular complexity index is 1670. The zero-order chi connectivity index (χ0) is 27.7. The van der Waals surface area contributed by atoms with Crippen molar-refractivity contribution in [3.63, 3.8) is 0 Å². The summed E-state index contributed by atoms with van der Waals surface area (Å²) in [6.07, 6.45) is 3.71. The second kappa shape index (κ2) is 10.4. The molecule has 2 aromatic carbocycles. The zero-order valence-corrected chi connectivity index (χ0v) is 23.3. The van der Waals surface area contributed by atoms with E-state index in [1.165, 1.54) is 11.3 Å². The van der Waals surface area contributed by atoms with Gasteiger partial charge >= 0.3 is 0 Å². The van der Waals surface area contributed by atoms with E-state index < -0.39 is 5.54 Å². The molecule has 0 aliphatic heterocycles. The van der Waals surface area contributed by atoms with Gasteiger partial charge in [-0.1, -0.05) is 30.3 Å². The standard InChI is InChI=1S/C30H30N6O2S/c1-18-12-21(30(3,4)35-29(38)27-16-39-17-31-27)10-11-22(18)28(37)33-19(2)24-13-26(20-14-32-36(5)15-20)34-25-9-7-6-8-23(24)25/h6-17,19H,1-5H3,(H,33,37)(H,35,38). The zero-order valence-electron chi connectivity index (χ0n) is 22.5. The number of nitrogens with one attached hydrogen (secondary N) is 2. The number of rotatable bonds is 7. The molecular weight excluding hydrogens is 508 g/mol. The maximum Gasteiger partial charge on any atom is 0.271 e. The number of nitrogens with zero attached hydrogens (tertiary/aromatic N) is 4. The minimum absolute atomic E-state index is 0.167. The number of aryl methyl sites for hydroxylation is 2. The third-order valence-corrected chi connectivity index (χ3v) is 7.43. The quantitative estimate of drug-likeness (QED) is 0.283. The van der Waals surface area contributed by atoms with Crippen LogP contribution in [-0.4, -0.2) is 31.6 Å². The molecule has 5 rings (SSSR count). The number of pyridine rings is 1. The topological polar surface area (TPSA) is 102 Å². The number of para-hydroxylation sites is 1. The lowest BCUT2D eigenvalue weighted by Gasteiger charge is -2.27. The largest absolute Gasteiger partial charge is 0.345 e. The van der Waals surface area contributed by atoms with Gasteiger partial charge in [-0.15, -0.1) is 11.3 Å². The third kappa shape index (κ3) is 5.44. The van der Waals surface area contributed by atoms with E-state index in [2.05, 4.69) is 20.7 Å². The first-order valence-corrected chi connectivity index (χ1v) is 13.6. The number of thiazole rings is 1. The maximum atomic E-state index is 13.4. The Morgan fingerprint density at radius 3 is 2.56 bits per heavy atom. The van der Waals surface area contributed by atoms with Crippen molar-refractivity contribution in [3.8, 4) is 11.3 Å². The molecule has 198 valence electrons. The lowest BCUT2D eigenvalue weighted by Crippen LogP contribution is -2.41. The fourth-order valence-electron chi connectivity index (χ4n) is 4.67. The Morgan fingerprint density at radius 1 is 1.08 bits per heavy atom. The summed E-state index contributed by atoms with van der Waals surface area (Å²) < 4.78 is 1.75. The van der Waals surface area contributed by atoms with Crippen molar-refractivity contribution in [2.45, 2.75) is 39.3 Å². The van der Waals surface area contributed by atoms with Gasteiger partial charge in [-0.3, -0.25) is 14.3 Å². The number of benzene rings is 2. The molecule has 0 bridgehead atoms. The molecule has 5 aromatic rings. The van der Waals surface area contributed by atoms with Crippen molar-refractivity contribution < 1.29 is 9.59 Å². The Labute approximate surface area is 231 Å². The molecule has 1 atom stereocenters. The Hall–Kier alpha value is -4.37. The molecule has 1 unspecified atom stereocenters. The predicted molar refractivity (Wildman–Crippen MR) is 154 cm³/mol. The summed E-state index contributed by atoms with van der Waals surface area (Å²) in [5.74, 6) is -0.399. The fourth-order valence-corrected chi connectivity index (χ4v) is 5.20. The number of amides is 2. The Kier molecular flexibility index (Phi) is 7.01. The lowest BCUT2D eigenvalue weighted by atomic mass is 9.90. The molecule has 3 heterocycles. The smallest absolute Gasteiger partial charge is 0.271 e. The van der Waals surface area contributed by atoms with Gasteiger partial charge in [0.2, 0.25) is 0 Å². The van der Waals surface area contributed by atoms with Gasteiger partial charge in [0.25, 0.3) is 11.8 Å². The minimum Gasteiger partial charge on any atom is -0.345 e. The highest BCUT2D eigenvalue weighted by molar-refractivity contribution is 7.07. The van der Waals surface area contributed by atoms with E-state index in [0.717, 1.165) is 38.9 Å². The number of carbonyl (C=O) groups is 2. The van der Waals surface area contributed by atoms with Gasteiger partial charge in [-0.05, 0) is 62.6 Å². The normalized spacial score (nSPS) is 12.3. The fraction of sp³-hybridized carbons (Fsp3) is 0.233. The van der Waals surface area contributed by atoms with Gasteiger partial charge in [-0.25, -0.2) is 9.97 Å². The van der Waals surface area contributed by atoms with E-state index >= 15 is 0 Å². The van der Waals surface area contributed by atoms with Gasteiger partial charge in [0, 0.05) is 35.1 Å². The van der Waals surface area contributed by atoms with Crippen molar-refractivity contribution in [1.82, 2.24) is 30.4 Å². The van der Waals surface area contributed by atoms with Crippen molar-refractivity contribution in [1.29, 1.82) is 0 Å². The van der Waals surface area contributed by atoms with Crippen molar-refractivity contribution in [3.05, 3.63) is 99.8 Å². The average molecular weight is 539 g/mol. The van der Waals surface area contributed by atoms with Crippen LogP contribution in [-0.2, 0) is 12.6 Å². The molecule has 0 aliphatic carbocycles. The van der Waals surface area contributed by atoms with E-state index in [-0.39, 0.29) is 17.9 Å². The molecule has 39 heavy (non-hydrogen) atoms. The molecule has 2 amide bonds. The van der Waals surface area contributed by atoms with Gasteiger partial charge in [0.05, 0.1) is 34.5 Å². The molecule has 3 aromatic heterocycles. The molecule has 0 aliphatic rings. The molecule has 2 N–H and O–H groups in total. The lowest BCUT2D eigenvalue weighted by molar-refractivity contribution is 0.0904. The molecule has 0 radical (unpaired) electrons. The Balaban J connectivity index is 1.38. The van der Waals surface area contributed by atoms with Crippen molar-refractivity contribution in [2.75, 3.05) is 0 Å². The van der Waals surface area contributed by atoms with E-state index in [1.807, 2.05) is 89.5 Å². The number of fused-ring (bicyclic) bond motifs is 1. The maximum absolute atomic E-state index is 13.4. The van der Waals surface area contributed by atoms with Crippen LogP contribution in [0, 0.1) is 6.92 Å². The molecule has 0 spiro atoms. The van der Waals surface area contributed by atoms with E-state index in [1.54, 1.807) is 21.8 Å². The summed E-state index contributed by atoms with van der Waals surface area (Å²) in [7, 11) is 1.87. The van der Waals surface area contributed by atoms with Gasteiger partial charge in [0.1, 0.15) is 5.69 Å². The highest BCUT2D eigenvalue weighted by Crippen LogP contribution is 2.29. The number of hydrogen-bond acceptors (Lipinski definition) is 6. The van der Waals surface area contributed by atoms with Gasteiger partial charge in [0.15, 0.2) is 0 Å². The summed E-state index contributed by atoms with van der Waals surface area (Å²) in [6, 6.07) is 15.3. The number of aromatic nitrogens is 4. The predicted octanol–water partition coefficient (Wildman–Crippen LogP) is 5.56. The first-order chi connectivity index (χ1) is 18.6. The highest BCUT2D eigenvalue weighted by Gasteiger charge is 2.26. The van der Waals surface area contributed by atoms with Crippen LogP contribution >= 0.6 is 11.3 Å². The van der Waals surface area contributed by atoms with Gasteiger partial charge in [-0.2, -0.15) is 5.10 Å². The molecule has 0 fully saturated rings. The van der Waals surface area contributed by atoms with Crippen LogP contribution in [0.5, 0.6) is 0 Å². The molecule has 8 nitrogen and oxygen atoms in total. The third-order valence-electron chi connectivity index (χ3n) is 6.85. The summed E-state index contributed by atoms with van der Waals surface area (Å²) >= 11 is 1.38. The van der Waals surface area contributed by atoms with E-state index in [0.29, 0.717) is 11.3 Å². The highest BCUT2D eigenvalue weighted by atomic mass is 32.1. The number of hydrogen-bond donors (Lipinski definition) is 2.